The van der Waals surface area contributed by atoms with Crippen LogP contribution in [0.3, 0.4) is 0 Å². The van der Waals surface area contributed by atoms with E-state index in [9.17, 15) is 9.59 Å². The van der Waals surface area contributed by atoms with E-state index in [1.807, 2.05) is 60.7 Å². The van der Waals surface area contributed by atoms with E-state index in [4.69, 9.17) is 14.2 Å². The predicted molar refractivity (Wildman–Crippen MR) is 121 cm³/mol. The standard InChI is InChI=1S/C25H21N3O5/c29-23-25(14-31-20-13-22-21(12-18(20)25)32-15-33-22)17-8-4-5-9-19(17)28(23)11-10-26-24(30)27-16-6-2-1-3-7-16/h1-9,12-13H,10-11,14-15H2,(H2,26,27,30). The highest BCUT2D eigenvalue weighted by molar-refractivity contribution is 6.11. The molecule has 6 rings (SSSR count). The second-order valence-corrected chi connectivity index (χ2v) is 8.12. The van der Waals surface area contributed by atoms with Gasteiger partial charge in [0.2, 0.25) is 12.7 Å². The first-order valence-corrected chi connectivity index (χ1v) is 10.7. The van der Waals surface area contributed by atoms with Gasteiger partial charge in [-0.2, -0.15) is 0 Å². The Morgan fingerprint density at radius 1 is 0.909 bits per heavy atom. The topological polar surface area (TPSA) is 89.1 Å². The monoisotopic (exact) mass is 443 g/mol. The van der Waals surface area contributed by atoms with Gasteiger partial charge in [0.15, 0.2) is 11.5 Å². The quantitative estimate of drug-likeness (QED) is 0.646. The second kappa shape index (κ2) is 7.44. The molecule has 0 aliphatic carbocycles. The normalized spacial score (nSPS) is 19.3. The zero-order valence-electron chi connectivity index (χ0n) is 17.7. The first-order valence-electron chi connectivity index (χ1n) is 10.7. The van der Waals surface area contributed by atoms with E-state index in [2.05, 4.69) is 10.6 Å². The van der Waals surface area contributed by atoms with E-state index in [1.54, 1.807) is 11.0 Å². The molecule has 0 fully saturated rings. The second-order valence-electron chi connectivity index (χ2n) is 8.12. The molecule has 0 aromatic heterocycles. The summed E-state index contributed by atoms with van der Waals surface area (Å²) in [5.41, 5.74) is 2.25. The average molecular weight is 443 g/mol. The van der Waals surface area contributed by atoms with Crippen molar-refractivity contribution >= 4 is 23.3 Å². The van der Waals surface area contributed by atoms with Crippen molar-refractivity contribution in [2.45, 2.75) is 5.41 Å². The summed E-state index contributed by atoms with van der Waals surface area (Å²) >= 11 is 0. The SMILES string of the molecule is O=C(NCCN1C(=O)C2(COc3cc4c(cc32)OCO4)c2ccccc21)Nc1ccccc1. The number of para-hydroxylation sites is 2. The summed E-state index contributed by atoms with van der Waals surface area (Å²) in [5.74, 6) is 1.79. The van der Waals surface area contributed by atoms with Gasteiger partial charge in [-0.05, 0) is 29.8 Å². The lowest BCUT2D eigenvalue weighted by Gasteiger charge is -2.23. The largest absolute Gasteiger partial charge is 0.491 e. The molecule has 166 valence electrons. The highest BCUT2D eigenvalue weighted by Gasteiger charge is 2.57. The fraction of sp³-hybridized carbons (Fsp3) is 0.200. The van der Waals surface area contributed by atoms with Crippen LogP contribution >= 0.6 is 0 Å². The molecule has 8 nitrogen and oxygen atoms in total. The van der Waals surface area contributed by atoms with Crippen molar-refractivity contribution in [2.75, 3.05) is 36.7 Å². The van der Waals surface area contributed by atoms with Crippen LogP contribution in [0.1, 0.15) is 11.1 Å². The molecule has 3 aromatic carbocycles. The van der Waals surface area contributed by atoms with Crippen molar-refractivity contribution in [3.8, 4) is 17.2 Å². The maximum absolute atomic E-state index is 13.9. The van der Waals surface area contributed by atoms with Crippen LogP contribution in [0.5, 0.6) is 17.2 Å². The number of fused-ring (bicyclic) bond motifs is 5. The van der Waals surface area contributed by atoms with Gasteiger partial charge in [0.25, 0.3) is 0 Å². The molecular weight excluding hydrogens is 422 g/mol. The van der Waals surface area contributed by atoms with E-state index in [1.165, 1.54) is 0 Å². The Bertz CT molecular complexity index is 1260. The van der Waals surface area contributed by atoms with Gasteiger partial charge in [0, 0.05) is 36.1 Å². The summed E-state index contributed by atoms with van der Waals surface area (Å²) in [7, 11) is 0. The summed E-state index contributed by atoms with van der Waals surface area (Å²) in [6, 6.07) is 20.3. The van der Waals surface area contributed by atoms with Crippen molar-refractivity contribution in [2.24, 2.45) is 0 Å². The Labute approximate surface area is 190 Å². The summed E-state index contributed by atoms with van der Waals surface area (Å²) in [6.45, 7) is 0.988. The maximum atomic E-state index is 13.9. The zero-order valence-corrected chi connectivity index (χ0v) is 17.7. The molecule has 3 aliphatic rings. The lowest BCUT2D eigenvalue weighted by molar-refractivity contribution is -0.122. The molecule has 1 unspecified atom stereocenters. The molecular formula is C25H21N3O5. The number of rotatable bonds is 4. The molecule has 3 amide bonds. The number of nitrogens with one attached hydrogen (secondary N) is 2. The number of carbonyl (C=O) groups is 2. The highest BCUT2D eigenvalue weighted by Crippen LogP contribution is 2.54. The smallest absolute Gasteiger partial charge is 0.319 e. The molecule has 3 aliphatic heterocycles. The van der Waals surface area contributed by atoms with E-state index >= 15 is 0 Å². The third-order valence-electron chi connectivity index (χ3n) is 6.30. The summed E-state index contributed by atoms with van der Waals surface area (Å²) < 4.78 is 17.0. The van der Waals surface area contributed by atoms with E-state index in [0.717, 1.165) is 16.8 Å². The maximum Gasteiger partial charge on any atom is 0.319 e. The molecule has 1 atom stereocenters. The molecule has 8 heteroatoms. The Morgan fingerprint density at radius 3 is 2.52 bits per heavy atom. The predicted octanol–water partition coefficient (Wildman–Crippen LogP) is 3.26. The summed E-state index contributed by atoms with van der Waals surface area (Å²) in [6.07, 6.45) is 0. The number of amides is 3. The molecule has 0 saturated heterocycles. The first-order chi connectivity index (χ1) is 16.2. The molecule has 1 spiro atoms. The van der Waals surface area contributed by atoms with Gasteiger partial charge in [-0.15, -0.1) is 0 Å². The number of benzene rings is 3. The number of nitrogens with zero attached hydrogens (tertiary/aromatic N) is 1. The number of hydrogen-bond donors (Lipinski definition) is 2. The fourth-order valence-corrected chi connectivity index (χ4v) is 4.76. The number of ether oxygens (including phenoxy) is 3. The van der Waals surface area contributed by atoms with Gasteiger partial charge in [-0.25, -0.2) is 4.79 Å². The van der Waals surface area contributed by atoms with Crippen LogP contribution in [0.15, 0.2) is 66.7 Å². The van der Waals surface area contributed by atoms with E-state index in [0.29, 0.717) is 36.0 Å². The molecule has 0 bridgehead atoms. The molecule has 33 heavy (non-hydrogen) atoms. The Kier molecular flexibility index (Phi) is 4.39. The Hall–Kier alpha value is -4.20. The van der Waals surface area contributed by atoms with Crippen LogP contribution < -0.4 is 29.7 Å². The summed E-state index contributed by atoms with van der Waals surface area (Å²) in [5, 5.41) is 5.61. The van der Waals surface area contributed by atoms with Crippen molar-refractivity contribution in [1.82, 2.24) is 5.32 Å². The highest BCUT2D eigenvalue weighted by atomic mass is 16.7. The van der Waals surface area contributed by atoms with Crippen molar-refractivity contribution in [3.63, 3.8) is 0 Å². The van der Waals surface area contributed by atoms with Crippen LogP contribution in [-0.2, 0) is 10.2 Å². The number of hydrogen-bond acceptors (Lipinski definition) is 5. The van der Waals surface area contributed by atoms with Gasteiger partial charge in [-0.3, -0.25) is 4.79 Å². The molecule has 3 aromatic rings. The fourth-order valence-electron chi connectivity index (χ4n) is 4.76. The number of urea groups is 1. The van der Waals surface area contributed by atoms with Crippen molar-refractivity contribution in [3.05, 3.63) is 77.9 Å². The Balaban J connectivity index is 1.25. The van der Waals surface area contributed by atoms with Gasteiger partial charge in [-0.1, -0.05) is 36.4 Å². The van der Waals surface area contributed by atoms with E-state index < -0.39 is 5.41 Å². The number of anilines is 2. The number of carbonyl (C=O) groups excluding carboxylic acids is 2. The molecule has 2 N–H and O–H groups in total. The van der Waals surface area contributed by atoms with Crippen molar-refractivity contribution in [1.29, 1.82) is 0 Å². The van der Waals surface area contributed by atoms with E-state index in [-0.39, 0.29) is 25.3 Å². The first kappa shape index (κ1) is 19.5. The molecule has 0 saturated carbocycles. The van der Waals surface area contributed by atoms with Crippen molar-refractivity contribution < 1.29 is 23.8 Å². The lowest BCUT2D eigenvalue weighted by Crippen LogP contribution is -2.45. The van der Waals surface area contributed by atoms with Crippen LogP contribution in [0, 0.1) is 0 Å². The van der Waals surface area contributed by atoms with Crippen LogP contribution in [-0.4, -0.2) is 38.4 Å². The third-order valence-corrected chi connectivity index (χ3v) is 6.30. The molecule has 3 heterocycles. The average Bonchev–Trinajstić information content (AvgIpc) is 3.51. The van der Waals surface area contributed by atoms with Crippen LogP contribution in [0.2, 0.25) is 0 Å². The zero-order chi connectivity index (χ0) is 22.4. The van der Waals surface area contributed by atoms with Crippen LogP contribution in [0.4, 0.5) is 16.2 Å². The van der Waals surface area contributed by atoms with Gasteiger partial charge < -0.3 is 29.7 Å². The minimum atomic E-state index is -0.945. The van der Waals surface area contributed by atoms with Gasteiger partial charge in [0.1, 0.15) is 17.8 Å². The lowest BCUT2D eigenvalue weighted by atomic mass is 9.77. The summed E-state index contributed by atoms with van der Waals surface area (Å²) in [4.78, 5) is 27.8. The van der Waals surface area contributed by atoms with Gasteiger partial charge in [0.05, 0.1) is 0 Å². The minimum Gasteiger partial charge on any atom is -0.491 e. The van der Waals surface area contributed by atoms with Crippen LogP contribution in [0.25, 0.3) is 0 Å². The van der Waals surface area contributed by atoms with Gasteiger partial charge >= 0.3 is 6.03 Å². The molecule has 0 radical (unpaired) electrons. The Morgan fingerprint density at radius 2 is 1.67 bits per heavy atom. The third kappa shape index (κ3) is 2.98. The minimum absolute atomic E-state index is 0.0772.